The minimum atomic E-state index is -0.219. The van der Waals surface area contributed by atoms with E-state index in [1.807, 2.05) is 56.3 Å². The van der Waals surface area contributed by atoms with E-state index < -0.39 is 0 Å². The van der Waals surface area contributed by atoms with Gasteiger partial charge in [-0.1, -0.05) is 23.8 Å². The fourth-order valence-electron chi connectivity index (χ4n) is 2.80. The Morgan fingerprint density at radius 3 is 2.82 bits per heavy atom. The van der Waals surface area contributed by atoms with Crippen molar-refractivity contribution in [3.05, 3.63) is 69.7 Å². The highest BCUT2D eigenvalue weighted by Gasteiger charge is 2.18. The summed E-state index contributed by atoms with van der Waals surface area (Å²) in [5.41, 5.74) is 2.51. The maximum atomic E-state index is 12.5. The number of hydrogen-bond donors (Lipinski definition) is 1. The third kappa shape index (κ3) is 4.09. The average molecular weight is 396 g/mol. The molecule has 2 heterocycles. The first-order valence-electron chi connectivity index (χ1n) is 8.93. The monoisotopic (exact) mass is 396 g/mol. The summed E-state index contributed by atoms with van der Waals surface area (Å²) in [6, 6.07) is 13.3. The molecule has 6 nitrogen and oxygen atoms in total. The third-order valence-corrected chi connectivity index (χ3v) is 5.23. The van der Waals surface area contributed by atoms with Crippen molar-refractivity contribution in [1.82, 2.24) is 10.3 Å². The van der Waals surface area contributed by atoms with Crippen molar-refractivity contribution >= 4 is 17.2 Å². The quantitative estimate of drug-likeness (QED) is 0.675. The molecule has 1 aromatic heterocycles. The minimum Gasteiger partial charge on any atom is -0.486 e. The molecule has 3 aromatic rings. The van der Waals surface area contributed by atoms with Gasteiger partial charge in [-0.15, -0.1) is 11.3 Å². The Bertz CT molecular complexity index is 984. The number of carbonyl (C=O) groups is 1. The summed E-state index contributed by atoms with van der Waals surface area (Å²) in [6.45, 7) is 4.51. The molecule has 1 atom stereocenters. The van der Waals surface area contributed by atoms with Gasteiger partial charge in [-0.3, -0.25) is 4.79 Å². The zero-order chi connectivity index (χ0) is 19.5. The van der Waals surface area contributed by atoms with Crippen LogP contribution in [0.15, 0.2) is 47.8 Å². The number of nitrogens with one attached hydrogen (secondary N) is 1. The SMILES string of the molecule is Cc1ccc(OCc2nc(C(=O)N[C@H](C)c3ccc4c(c3)OCO4)cs2)cc1. The lowest BCUT2D eigenvalue weighted by Crippen LogP contribution is -2.27. The van der Waals surface area contributed by atoms with Crippen LogP contribution in [0.2, 0.25) is 0 Å². The molecule has 0 aliphatic carbocycles. The smallest absolute Gasteiger partial charge is 0.271 e. The summed E-state index contributed by atoms with van der Waals surface area (Å²) in [6.07, 6.45) is 0. The normalized spacial score (nSPS) is 13.2. The Morgan fingerprint density at radius 2 is 2.00 bits per heavy atom. The number of benzene rings is 2. The molecule has 1 amide bonds. The van der Waals surface area contributed by atoms with Crippen LogP contribution in [0.3, 0.4) is 0 Å². The van der Waals surface area contributed by atoms with Gasteiger partial charge in [-0.05, 0) is 43.7 Å². The summed E-state index contributed by atoms with van der Waals surface area (Å²) in [5, 5.41) is 5.46. The zero-order valence-electron chi connectivity index (χ0n) is 15.6. The van der Waals surface area contributed by atoms with Crippen molar-refractivity contribution in [2.45, 2.75) is 26.5 Å². The lowest BCUT2D eigenvalue weighted by molar-refractivity contribution is 0.0935. The Balaban J connectivity index is 1.35. The molecule has 0 saturated carbocycles. The fraction of sp³-hybridized carbons (Fsp3) is 0.238. The molecule has 4 rings (SSSR count). The standard InChI is InChI=1S/C21H20N2O4S/c1-13-3-6-16(7-4-13)25-10-20-23-17(11-28-20)21(24)22-14(2)15-5-8-18-19(9-15)27-12-26-18/h3-9,11,14H,10,12H2,1-2H3,(H,22,24)/t14-/m1/s1. The summed E-state index contributed by atoms with van der Waals surface area (Å²) < 4.78 is 16.4. The van der Waals surface area contributed by atoms with E-state index in [0.29, 0.717) is 18.1 Å². The number of amides is 1. The molecule has 7 heteroatoms. The van der Waals surface area contributed by atoms with Crippen molar-refractivity contribution in [1.29, 1.82) is 0 Å². The van der Waals surface area contributed by atoms with Gasteiger partial charge in [0.25, 0.3) is 5.91 Å². The predicted octanol–water partition coefficient (Wildman–Crippen LogP) is 4.25. The summed E-state index contributed by atoms with van der Waals surface area (Å²) in [4.78, 5) is 16.9. The van der Waals surface area contributed by atoms with Gasteiger partial charge in [0.15, 0.2) is 11.5 Å². The second-order valence-corrected chi connectivity index (χ2v) is 7.48. The Labute approximate surface area is 167 Å². The summed E-state index contributed by atoms with van der Waals surface area (Å²) in [7, 11) is 0. The Kier molecular flexibility index (Phi) is 5.16. The highest BCUT2D eigenvalue weighted by atomic mass is 32.1. The van der Waals surface area contributed by atoms with Crippen LogP contribution in [0, 0.1) is 6.92 Å². The molecule has 1 aliphatic rings. The van der Waals surface area contributed by atoms with E-state index >= 15 is 0 Å². The van der Waals surface area contributed by atoms with Crippen molar-refractivity contribution in [3.8, 4) is 17.2 Å². The van der Waals surface area contributed by atoms with Gasteiger partial charge >= 0.3 is 0 Å². The van der Waals surface area contributed by atoms with Crippen LogP contribution < -0.4 is 19.5 Å². The van der Waals surface area contributed by atoms with Crippen LogP contribution in [0.5, 0.6) is 17.2 Å². The second kappa shape index (κ2) is 7.90. The van der Waals surface area contributed by atoms with Crippen LogP contribution in [-0.2, 0) is 6.61 Å². The molecule has 0 bridgehead atoms. The van der Waals surface area contributed by atoms with Gasteiger partial charge in [0.05, 0.1) is 6.04 Å². The number of ether oxygens (including phenoxy) is 3. The lowest BCUT2D eigenvalue weighted by atomic mass is 10.1. The largest absolute Gasteiger partial charge is 0.486 e. The number of nitrogens with zero attached hydrogens (tertiary/aromatic N) is 1. The molecule has 0 unspecified atom stereocenters. The first kappa shape index (κ1) is 18.3. The molecule has 0 saturated heterocycles. The number of hydrogen-bond acceptors (Lipinski definition) is 6. The number of fused-ring (bicyclic) bond motifs is 1. The van der Waals surface area contributed by atoms with Gasteiger partial charge < -0.3 is 19.5 Å². The molecule has 0 spiro atoms. The van der Waals surface area contributed by atoms with E-state index in [1.54, 1.807) is 5.38 Å². The van der Waals surface area contributed by atoms with Crippen LogP contribution in [0.4, 0.5) is 0 Å². The van der Waals surface area contributed by atoms with E-state index in [2.05, 4.69) is 10.3 Å². The fourth-order valence-corrected chi connectivity index (χ4v) is 3.48. The van der Waals surface area contributed by atoms with Crippen LogP contribution in [0.25, 0.3) is 0 Å². The van der Waals surface area contributed by atoms with E-state index in [4.69, 9.17) is 14.2 Å². The predicted molar refractivity (Wildman–Crippen MR) is 106 cm³/mol. The van der Waals surface area contributed by atoms with Crippen LogP contribution in [-0.4, -0.2) is 17.7 Å². The van der Waals surface area contributed by atoms with Crippen LogP contribution >= 0.6 is 11.3 Å². The van der Waals surface area contributed by atoms with Crippen molar-refractivity contribution < 1.29 is 19.0 Å². The highest BCUT2D eigenvalue weighted by molar-refractivity contribution is 7.09. The average Bonchev–Trinajstić information content (AvgIpc) is 3.36. The van der Waals surface area contributed by atoms with Crippen LogP contribution in [0.1, 0.15) is 39.6 Å². The molecule has 144 valence electrons. The number of thiazole rings is 1. The molecule has 2 aromatic carbocycles. The number of carbonyl (C=O) groups excluding carboxylic acids is 1. The molecule has 0 fully saturated rings. The first-order chi connectivity index (χ1) is 13.6. The zero-order valence-corrected chi connectivity index (χ0v) is 16.4. The number of aryl methyl sites for hydroxylation is 1. The molecule has 0 radical (unpaired) electrons. The van der Waals surface area contributed by atoms with Crippen molar-refractivity contribution in [2.24, 2.45) is 0 Å². The Morgan fingerprint density at radius 1 is 1.21 bits per heavy atom. The second-order valence-electron chi connectivity index (χ2n) is 6.54. The summed E-state index contributed by atoms with van der Waals surface area (Å²) in [5.74, 6) is 1.98. The van der Waals surface area contributed by atoms with E-state index in [-0.39, 0.29) is 18.7 Å². The molecular formula is C21H20N2O4S. The Hall–Kier alpha value is -3.06. The van der Waals surface area contributed by atoms with Crippen molar-refractivity contribution in [2.75, 3.05) is 6.79 Å². The minimum absolute atomic E-state index is 0.184. The number of rotatable bonds is 6. The molecule has 28 heavy (non-hydrogen) atoms. The van der Waals surface area contributed by atoms with Crippen molar-refractivity contribution in [3.63, 3.8) is 0 Å². The number of aromatic nitrogens is 1. The first-order valence-corrected chi connectivity index (χ1v) is 9.81. The van der Waals surface area contributed by atoms with Gasteiger partial charge in [0, 0.05) is 5.38 Å². The van der Waals surface area contributed by atoms with Gasteiger partial charge in [-0.2, -0.15) is 0 Å². The van der Waals surface area contributed by atoms with Gasteiger partial charge in [-0.25, -0.2) is 4.98 Å². The van der Waals surface area contributed by atoms with E-state index in [0.717, 1.165) is 22.1 Å². The van der Waals surface area contributed by atoms with E-state index in [1.165, 1.54) is 16.9 Å². The third-order valence-electron chi connectivity index (χ3n) is 4.41. The maximum absolute atomic E-state index is 12.5. The highest BCUT2D eigenvalue weighted by Crippen LogP contribution is 2.34. The molecule has 1 aliphatic heterocycles. The summed E-state index contributed by atoms with van der Waals surface area (Å²) >= 11 is 1.41. The van der Waals surface area contributed by atoms with Gasteiger partial charge in [0.2, 0.25) is 6.79 Å². The maximum Gasteiger partial charge on any atom is 0.271 e. The van der Waals surface area contributed by atoms with E-state index in [9.17, 15) is 4.79 Å². The molecular weight excluding hydrogens is 376 g/mol. The lowest BCUT2D eigenvalue weighted by Gasteiger charge is -2.14. The topological polar surface area (TPSA) is 69.7 Å². The van der Waals surface area contributed by atoms with Gasteiger partial charge in [0.1, 0.15) is 23.1 Å². The molecule has 1 N–H and O–H groups in total.